The molecule has 3 heterocycles. The van der Waals surface area contributed by atoms with Crippen molar-refractivity contribution in [2.45, 2.75) is 25.3 Å². The summed E-state index contributed by atoms with van der Waals surface area (Å²) in [5.41, 5.74) is 0. The van der Waals surface area contributed by atoms with Crippen molar-refractivity contribution in [3.63, 3.8) is 0 Å². The van der Waals surface area contributed by atoms with E-state index in [1.54, 1.807) is 18.5 Å². The molecule has 1 N–H and O–H groups in total. The molecule has 0 spiro atoms. The summed E-state index contributed by atoms with van der Waals surface area (Å²) in [6, 6.07) is 1.56. The number of aromatic nitrogens is 2. The molecule has 0 aromatic carbocycles. The van der Waals surface area contributed by atoms with Gasteiger partial charge < -0.3 is 10.2 Å². The van der Waals surface area contributed by atoms with E-state index in [9.17, 15) is 13.2 Å². The van der Waals surface area contributed by atoms with Crippen LogP contribution in [0.2, 0.25) is 0 Å². The minimum absolute atomic E-state index is 0.0178. The molecular weight excluding hydrogens is 304 g/mol. The Hall–Kier alpha value is -1.70. The highest BCUT2D eigenvalue weighted by Gasteiger charge is 2.32. The molecular formula is C14H20N4O3S. The van der Waals surface area contributed by atoms with Gasteiger partial charge in [0.05, 0.1) is 11.5 Å². The highest BCUT2D eigenvalue weighted by atomic mass is 32.2. The largest absolute Gasteiger partial charge is 0.352 e. The van der Waals surface area contributed by atoms with Gasteiger partial charge in [0, 0.05) is 37.4 Å². The van der Waals surface area contributed by atoms with Crippen LogP contribution in [0.5, 0.6) is 0 Å². The molecule has 7 nitrogen and oxygen atoms in total. The van der Waals surface area contributed by atoms with E-state index in [1.807, 2.05) is 0 Å². The zero-order valence-electron chi connectivity index (χ0n) is 12.3. The smallest absolute Gasteiger partial charge is 0.225 e. The summed E-state index contributed by atoms with van der Waals surface area (Å²) in [4.78, 5) is 22.8. The van der Waals surface area contributed by atoms with Gasteiger partial charge in [-0.3, -0.25) is 4.79 Å². The van der Waals surface area contributed by atoms with Crippen molar-refractivity contribution in [2.75, 3.05) is 29.5 Å². The van der Waals surface area contributed by atoms with Gasteiger partial charge in [0.2, 0.25) is 11.9 Å². The first-order valence-electron chi connectivity index (χ1n) is 7.56. The Labute approximate surface area is 130 Å². The molecule has 2 aliphatic heterocycles. The van der Waals surface area contributed by atoms with Crippen LogP contribution in [0.1, 0.15) is 19.3 Å². The Bertz CT molecular complexity index is 627. The first-order chi connectivity index (χ1) is 10.5. The molecule has 0 unspecified atom stereocenters. The number of hydrogen-bond donors (Lipinski definition) is 1. The van der Waals surface area contributed by atoms with Crippen LogP contribution in [0.15, 0.2) is 18.5 Å². The number of nitrogens with zero attached hydrogens (tertiary/aromatic N) is 3. The maximum Gasteiger partial charge on any atom is 0.225 e. The minimum atomic E-state index is -2.96. The van der Waals surface area contributed by atoms with Gasteiger partial charge in [-0.25, -0.2) is 18.4 Å². The van der Waals surface area contributed by atoms with Gasteiger partial charge in [0.1, 0.15) is 0 Å². The number of anilines is 1. The topological polar surface area (TPSA) is 92.3 Å². The average molecular weight is 324 g/mol. The normalized spacial score (nSPS) is 25.1. The fraction of sp³-hybridized carbons (Fsp3) is 0.643. The lowest BCUT2D eigenvalue weighted by atomic mass is 9.95. The van der Waals surface area contributed by atoms with Gasteiger partial charge in [-0.2, -0.15) is 0 Å². The van der Waals surface area contributed by atoms with Crippen molar-refractivity contribution < 1.29 is 13.2 Å². The number of piperidine rings is 1. The van der Waals surface area contributed by atoms with Gasteiger partial charge in [0.15, 0.2) is 9.84 Å². The Balaban J connectivity index is 1.50. The molecule has 1 amide bonds. The quantitative estimate of drug-likeness (QED) is 0.841. The summed E-state index contributed by atoms with van der Waals surface area (Å²) >= 11 is 0. The molecule has 0 saturated carbocycles. The molecule has 22 heavy (non-hydrogen) atoms. The lowest BCUT2D eigenvalue weighted by Crippen LogP contribution is -2.44. The van der Waals surface area contributed by atoms with Crippen LogP contribution >= 0.6 is 0 Å². The average Bonchev–Trinajstić information content (AvgIpc) is 2.87. The Morgan fingerprint density at radius 3 is 2.45 bits per heavy atom. The summed E-state index contributed by atoms with van der Waals surface area (Å²) in [7, 11) is -2.96. The van der Waals surface area contributed by atoms with Gasteiger partial charge in [-0.15, -0.1) is 0 Å². The second-order valence-electron chi connectivity index (χ2n) is 5.92. The predicted octanol–water partition coefficient (Wildman–Crippen LogP) is -0.00370. The fourth-order valence-corrected chi connectivity index (χ4v) is 4.70. The van der Waals surface area contributed by atoms with E-state index < -0.39 is 9.84 Å². The van der Waals surface area contributed by atoms with Gasteiger partial charge >= 0.3 is 0 Å². The number of carbonyl (C=O) groups is 1. The van der Waals surface area contributed by atoms with E-state index in [0.717, 1.165) is 25.9 Å². The predicted molar refractivity (Wildman–Crippen MR) is 82.2 cm³/mol. The molecule has 2 fully saturated rings. The number of hydrogen-bond acceptors (Lipinski definition) is 6. The van der Waals surface area contributed by atoms with Crippen molar-refractivity contribution in [2.24, 2.45) is 5.92 Å². The van der Waals surface area contributed by atoms with Crippen LogP contribution in [-0.2, 0) is 14.6 Å². The van der Waals surface area contributed by atoms with Crippen LogP contribution in [0.4, 0.5) is 5.95 Å². The molecule has 1 atom stereocenters. The van der Waals surface area contributed by atoms with E-state index >= 15 is 0 Å². The summed E-state index contributed by atoms with van der Waals surface area (Å²) in [5, 5.41) is 2.89. The van der Waals surface area contributed by atoms with Crippen molar-refractivity contribution in [1.82, 2.24) is 15.3 Å². The van der Waals surface area contributed by atoms with Crippen LogP contribution in [0.25, 0.3) is 0 Å². The standard InChI is InChI=1S/C14H20N4O3S/c19-13(17-12-4-9-22(20,21)10-12)11-2-7-18(8-3-11)14-15-5-1-6-16-14/h1,5-6,11-12H,2-4,7-10H2,(H,17,19)/t12-/m1/s1. The van der Waals surface area contributed by atoms with E-state index in [4.69, 9.17) is 0 Å². The Morgan fingerprint density at radius 2 is 1.86 bits per heavy atom. The van der Waals surface area contributed by atoms with Gasteiger partial charge in [-0.05, 0) is 25.3 Å². The van der Waals surface area contributed by atoms with E-state index in [2.05, 4.69) is 20.2 Å². The first kappa shape index (κ1) is 15.2. The molecule has 1 aromatic rings. The third kappa shape index (κ3) is 3.55. The third-order valence-corrected chi connectivity index (χ3v) is 6.05. The number of nitrogens with one attached hydrogen (secondary N) is 1. The van der Waals surface area contributed by atoms with Crippen LogP contribution in [0, 0.1) is 5.92 Å². The summed E-state index contributed by atoms with van der Waals surface area (Å²) in [6.07, 6.45) is 5.43. The zero-order valence-corrected chi connectivity index (χ0v) is 13.1. The molecule has 3 rings (SSSR count). The van der Waals surface area contributed by atoms with Gasteiger partial charge in [0.25, 0.3) is 0 Å². The first-order valence-corrected chi connectivity index (χ1v) is 9.38. The van der Waals surface area contributed by atoms with Crippen LogP contribution in [0.3, 0.4) is 0 Å². The van der Waals surface area contributed by atoms with Crippen molar-refractivity contribution in [3.05, 3.63) is 18.5 Å². The Kier molecular flexibility index (Phi) is 4.28. The Morgan fingerprint density at radius 1 is 1.18 bits per heavy atom. The van der Waals surface area contributed by atoms with Crippen LogP contribution in [-0.4, -0.2) is 54.9 Å². The number of carbonyl (C=O) groups excluding carboxylic acids is 1. The second-order valence-corrected chi connectivity index (χ2v) is 8.15. The number of amides is 1. The minimum Gasteiger partial charge on any atom is -0.352 e. The van der Waals surface area contributed by atoms with Crippen molar-refractivity contribution in [3.8, 4) is 0 Å². The van der Waals surface area contributed by atoms with E-state index in [-0.39, 0.29) is 29.4 Å². The molecule has 2 saturated heterocycles. The summed E-state index contributed by atoms with van der Waals surface area (Å²) < 4.78 is 22.9. The lowest BCUT2D eigenvalue weighted by molar-refractivity contribution is -0.126. The summed E-state index contributed by atoms with van der Waals surface area (Å²) in [5.74, 6) is 0.888. The highest BCUT2D eigenvalue weighted by Crippen LogP contribution is 2.21. The zero-order chi connectivity index (χ0) is 15.6. The lowest BCUT2D eigenvalue weighted by Gasteiger charge is -2.31. The van der Waals surface area contributed by atoms with E-state index in [1.165, 1.54) is 0 Å². The van der Waals surface area contributed by atoms with Crippen molar-refractivity contribution in [1.29, 1.82) is 0 Å². The molecule has 0 bridgehead atoms. The maximum absolute atomic E-state index is 12.3. The monoisotopic (exact) mass is 324 g/mol. The molecule has 120 valence electrons. The van der Waals surface area contributed by atoms with Crippen molar-refractivity contribution >= 4 is 21.7 Å². The molecule has 1 aromatic heterocycles. The van der Waals surface area contributed by atoms with Crippen LogP contribution < -0.4 is 10.2 Å². The summed E-state index contributed by atoms with van der Waals surface area (Å²) in [6.45, 7) is 1.48. The maximum atomic E-state index is 12.3. The molecule has 0 radical (unpaired) electrons. The number of sulfone groups is 1. The SMILES string of the molecule is O=C(N[C@@H]1CCS(=O)(=O)C1)C1CCN(c2ncccn2)CC1. The highest BCUT2D eigenvalue weighted by molar-refractivity contribution is 7.91. The number of rotatable bonds is 3. The molecule has 0 aliphatic carbocycles. The molecule has 8 heteroatoms. The fourth-order valence-electron chi connectivity index (χ4n) is 3.02. The van der Waals surface area contributed by atoms with E-state index in [0.29, 0.717) is 12.4 Å². The third-order valence-electron chi connectivity index (χ3n) is 4.28. The molecule has 2 aliphatic rings. The second kappa shape index (κ2) is 6.20. The van der Waals surface area contributed by atoms with Gasteiger partial charge in [-0.1, -0.05) is 0 Å².